The quantitative estimate of drug-likeness (QED) is 0.895. The van der Waals surface area contributed by atoms with Crippen LogP contribution in [0.5, 0.6) is 5.75 Å². The second kappa shape index (κ2) is 7.09. The fraction of sp³-hybridized carbons (Fsp3) is 0.647. The number of benzene rings is 1. The third-order valence-corrected chi connectivity index (χ3v) is 4.16. The number of ether oxygens (including phenoxy) is 1. The lowest BCUT2D eigenvalue weighted by Crippen LogP contribution is -2.54. The minimum absolute atomic E-state index is 0.568. The van der Waals surface area contributed by atoms with Crippen molar-refractivity contribution in [3.63, 3.8) is 0 Å². The predicted molar refractivity (Wildman–Crippen MR) is 84.3 cm³/mol. The highest BCUT2D eigenvalue weighted by atomic mass is 16.5. The predicted octanol–water partition coefficient (Wildman–Crippen LogP) is 2.97. The summed E-state index contributed by atoms with van der Waals surface area (Å²) in [6.45, 7) is 9.88. The molecule has 1 saturated heterocycles. The van der Waals surface area contributed by atoms with E-state index < -0.39 is 0 Å². The van der Waals surface area contributed by atoms with Crippen LogP contribution in [0.3, 0.4) is 0 Å². The molecule has 2 atom stereocenters. The molecule has 0 aromatic heterocycles. The molecule has 0 amide bonds. The number of nitrogens with one attached hydrogen (secondary N) is 1. The van der Waals surface area contributed by atoms with Gasteiger partial charge in [0.2, 0.25) is 0 Å². The molecule has 3 nitrogen and oxygen atoms in total. The van der Waals surface area contributed by atoms with Gasteiger partial charge >= 0.3 is 0 Å². The molecule has 20 heavy (non-hydrogen) atoms. The van der Waals surface area contributed by atoms with Gasteiger partial charge in [0.05, 0.1) is 7.11 Å². The van der Waals surface area contributed by atoms with Gasteiger partial charge in [0.25, 0.3) is 0 Å². The number of hydrogen-bond donors (Lipinski definition) is 1. The first-order valence-corrected chi connectivity index (χ1v) is 7.75. The van der Waals surface area contributed by atoms with Crippen molar-refractivity contribution in [3.8, 4) is 5.75 Å². The zero-order valence-electron chi connectivity index (χ0n) is 13.3. The van der Waals surface area contributed by atoms with Crippen LogP contribution in [0.15, 0.2) is 18.2 Å². The summed E-state index contributed by atoms with van der Waals surface area (Å²) in [5, 5.41) is 3.60. The van der Waals surface area contributed by atoms with E-state index in [0.717, 1.165) is 25.4 Å². The van der Waals surface area contributed by atoms with E-state index in [1.165, 1.54) is 24.0 Å². The molecule has 3 heteroatoms. The van der Waals surface area contributed by atoms with Crippen molar-refractivity contribution in [3.05, 3.63) is 29.3 Å². The van der Waals surface area contributed by atoms with Gasteiger partial charge in [-0.25, -0.2) is 0 Å². The Morgan fingerprint density at radius 3 is 2.90 bits per heavy atom. The summed E-state index contributed by atoms with van der Waals surface area (Å²) < 4.78 is 5.52. The number of rotatable bonds is 5. The lowest BCUT2D eigenvalue weighted by molar-refractivity contribution is 0.119. The van der Waals surface area contributed by atoms with E-state index in [-0.39, 0.29) is 0 Å². The van der Waals surface area contributed by atoms with E-state index in [0.29, 0.717) is 12.1 Å². The number of hydrogen-bond acceptors (Lipinski definition) is 3. The Morgan fingerprint density at radius 2 is 2.20 bits per heavy atom. The van der Waals surface area contributed by atoms with Crippen LogP contribution in [0.4, 0.5) is 0 Å². The second-order valence-electron chi connectivity index (χ2n) is 6.00. The molecule has 112 valence electrons. The summed E-state index contributed by atoms with van der Waals surface area (Å²) in [5.41, 5.74) is 2.61. The minimum Gasteiger partial charge on any atom is -0.496 e. The molecule has 1 aromatic carbocycles. The molecular weight excluding hydrogens is 248 g/mol. The average molecular weight is 276 g/mol. The molecule has 0 radical (unpaired) electrons. The van der Waals surface area contributed by atoms with Crippen molar-refractivity contribution >= 4 is 0 Å². The summed E-state index contributed by atoms with van der Waals surface area (Å²) in [4.78, 5) is 2.61. The first-order valence-electron chi connectivity index (χ1n) is 7.75. The normalized spacial score (nSPS) is 23.8. The molecule has 1 aliphatic rings. The van der Waals surface area contributed by atoms with Gasteiger partial charge in [0, 0.05) is 37.3 Å². The molecule has 0 bridgehead atoms. The number of nitrogens with zero attached hydrogens (tertiary/aromatic N) is 1. The molecular formula is C17H28N2O. The highest BCUT2D eigenvalue weighted by Gasteiger charge is 2.25. The molecule has 0 aliphatic carbocycles. The van der Waals surface area contributed by atoms with Crippen molar-refractivity contribution in [1.82, 2.24) is 10.2 Å². The van der Waals surface area contributed by atoms with E-state index in [9.17, 15) is 0 Å². The van der Waals surface area contributed by atoms with Crippen molar-refractivity contribution in [2.45, 2.75) is 52.2 Å². The molecule has 0 saturated carbocycles. The highest BCUT2D eigenvalue weighted by Crippen LogP contribution is 2.24. The zero-order valence-corrected chi connectivity index (χ0v) is 13.3. The van der Waals surface area contributed by atoms with Crippen LogP contribution in [0.1, 0.15) is 37.8 Å². The van der Waals surface area contributed by atoms with Crippen LogP contribution in [-0.2, 0) is 6.54 Å². The lowest BCUT2D eigenvalue weighted by Gasteiger charge is -2.39. The standard InChI is InChI=1S/C17H28N2O/c1-5-6-16-10-18-14(3)11-19(16)12-15-9-13(2)7-8-17(15)20-4/h7-9,14,16,18H,5-6,10-12H2,1-4H3. The maximum atomic E-state index is 5.52. The summed E-state index contributed by atoms with van der Waals surface area (Å²) in [7, 11) is 1.76. The third kappa shape index (κ3) is 3.74. The Bertz CT molecular complexity index is 433. The molecule has 1 aromatic rings. The fourth-order valence-electron chi connectivity index (χ4n) is 3.09. The summed E-state index contributed by atoms with van der Waals surface area (Å²) >= 11 is 0. The van der Waals surface area contributed by atoms with E-state index in [2.05, 4.69) is 49.2 Å². The van der Waals surface area contributed by atoms with Gasteiger partial charge < -0.3 is 10.1 Å². The zero-order chi connectivity index (χ0) is 14.5. The minimum atomic E-state index is 0.568. The monoisotopic (exact) mass is 276 g/mol. The van der Waals surface area contributed by atoms with Crippen LogP contribution in [0.2, 0.25) is 0 Å². The summed E-state index contributed by atoms with van der Waals surface area (Å²) in [6, 6.07) is 7.67. The molecule has 1 aliphatic heterocycles. The number of aryl methyl sites for hydroxylation is 1. The van der Waals surface area contributed by atoms with Crippen LogP contribution in [0, 0.1) is 6.92 Å². The van der Waals surface area contributed by atoms with Crippen LogP contribution in [-0.4, -0.2) is 37.2 Å². The first-order chi connectivity index (χ1) is 9.63. The fourth-order valence-corrected chi connectivity index (χ4v) is 3.09. The molecule has 2 unspecified atom stereocenters. The van der Waals surface area contributed by atoms with Gasteiger partial charge in [-0.1, -0.05) is 31.0 Å². The maximum absolute atomic E-state index is 5.52. The number of piperazine rings is 1. The van der Waals surface area contributed by atoms with Gasteiger partial charge in [-0.05, 0) is 26.3 Å². The van der Waals surface area contributed by atoms with Crippen molar-refractivity contribution in [1.29, 1.82) is 0 Å². The Morgan fingerprint density at radius 1 is 1.40 bits per heavy atom. The Hall–Kier alpha value is -1.06. The smallest absolute Gasteiger partial charge is 0.123 e. The van der Waals surface area contributed by atoms with Crippen molar-refractivity contribution in [2.75, 3.05) is 20.2 Å². The van der Waals surface area contributed by atoms with Gasteiger partial charge in [0.1, 0.15) is 5.75 Å². The SMILES string of the molecule is CCCC1CNC(C)CN1Cc1cc(C)ccc1OC. The molecule has 2 rings (SSSR count). The van der Waals surface area contributed by atoms with E-state index in [1.807, 2.05) is 0 Å². The number of methoxy groups -OCH3 is 1. The third-order valence-electron chi connectivity index (χ3n) is 4.16. The molecule has 1 N–H and O–H groups in total. The maximum Gasteiger partial charge on any atom is 0.123 e. The van der Waals surface area contributed by atoms with Crippen LogP contribution >= 0.6 is 0 Å². The Kier molecular flexibility index (Phi) is 5.44. The van der Waals surface area contributed by atoms with Gasteiger partial charge in [0.15, 0.2) is 0 Å². The molecule has 1 heterocycles. The van der Waals surface area contributed by atoms with Gasteiger partial charge in [-0.3, -0.25) is 4.90 Å². The lowest BCUT2D eigenvalue weighted by atomic mass is 10.0. The average Bonchev–Trinajstić information content (AvgIpc) is 2.42. The first kappa shape index (κ1) is 15.3. The Balaban J connectivity index is 2.14. The molecule has 1 fully saturated rings. The van der Waals surface area contributed by atoms with Crippen molar-refractivity contribution < 1.29 is 4.74 Å². The summed E-state index contributed by atoms with van der Waals surface area (Å²) in [6.07, 6.45) is 2.50. The summed E-state index contributed by atoms with van der Waals surface area (Å²) in [5.74, 6) is 1.01. The topological polar surface area (TPSA) is 24.5 Å². The molecule has 0 spiro atoms. The van der Waals surface area contributed by atoms with E-state index in [1.54, 1.807) is 7.11 Å². The van der Waals surface area contributed by atoms with Gasteiger partial charge in [-0.2, -0.15) is 0 Å². The highest BCUT2D eigenvalue weighted by molar-refractivity contribution is 5.36. The van der Waals surface area contributed by atoms with E-state index >= 15 is 0 Å². The second-order valence-corrected chi connectivity index (χ2v) is 6.00. The largest absolute Gasteiger partial charge is 0.496 e. The Labute approximate surface area is 123 Å². The van der Waals surface area contributed by atoms with Crippen molar-refractivity contribution in [2.24, 2.45) is 0 Å². The van der Waals surface area contributed by atoms with E-state index in [4.69, 9.17) is 4.74 Å². The van der Waals surface area contributed by atoms with Gasteiger partial charge in [-0.15, -0.1) is 0 Å². The van der Waals surface area contributed by atoms with Crippen LogP contribution < -0.4 is 10.1 Å². The van der Waals surface area contributed by atoms with Crippen LogP contribution in [0.25, 0.3) is 0 Å².